The van der Waals surface area contributed by atoms with E-state index in [9.17, 15) is 14.7 Å². The number of carbonyl (C=O) groups excluding carboxylic acids is 2. The topological polar surface area (TPSA) is 84.9 Å². The average Bonchev–Trinajstić information content (AvgIpc) is 2.42. The van der Waals surface area contributed by atoms with Gasteiger partial charge in [0.2, 0.25) is 0 Å². The fraction of sp³-hybridized carbons (Fsp3) is 0.529. The highest BCUT2D eigenvalue weighted by atomic mass is 16.6. The largest absolute Gasteiger partial charge is 0.461 e. The molecule has 0 spiro atoms. The monoisotopic (exact) mass is 323 g/mol. The molecular weight excluding hydrogens is 298 g/mol. The number of rotatable bonds is 5. The summed E-state index contributed by atoms with van der Waals surface area (Å²) < 4.78 is 10.3. The number of benzene rings is 1. The number of amides is 1. The van der Waals surface area contributed by atoms with Gasteiger partial charge in [0.1, 0.15) is 11.7 Å². The van der Waals surface area contributed by atoms with Gasteiger partial charge in [-0.3, -0.25) is 0 Å². The van der Waals surface area contributed by atoms with Crippen molar-refractivity contribution in [3.63, 3.8) is 0 Å². The molecule has 0 unspecified atom stereocenters. The predicted molar refractivity (Wildman–Crippen MR) is 85.8 cm³/mol. The van der Waals surface area contributed by atoms with E-state index in [0.717, 1.165) is 0 Å². The Bertz CT molecular complexity index is 522. The molecule has 2 N–H and O–H groups in total. The SMILES string of the molecule is CC(C)OC(=O)[C@@H](NC(=O)OC(C)(C)C)[C@H](O)c1ccccc1. The van der Waals surface area contributed by atoms with Crippen LogP contribution in [-0.2, 0) is 14.3 Å². The first-order valence-electron chi connectivity index (χ1n) is 7.53. The van der Waals surface area contributed by atoms with E-state index >= 15 is 0 Å². The number of hydrogen-bond donors (Lipinski definition) is 2. The second-order valence-corrected chi connectivity index (χ2v) is 6.47. The molecular formula is C17H25NO5. The van der Waals surface area contributed by atoms with Crippen molar-refractivity contribution >= 4 is 12.1 Å². The van der Waals surface area contributed by atoms with Crippen LogP contribution >= 0.6 is 0 Å². The summed E-state index contributed by atoms with van der Waals surface area (Å²) in [4.78, 5) is 24.2. The van der Waals surface area contributed by atoms with E-state index in [-0.39, 0.29) is 6.10 Å². The van der Waals surface area contributed by atoms with E-state index in [2.05, 4.69) is 5.32 Å². The standard InChI is InChI=1S/C17H25NO5/c1-11(2)22-15(20)13(18-16(21)23-17(3,4)5)14(19)12-9-7-6-8-10-12/h6-11,13-14,19H,1-5H3,(H,18,21)/t13-,14+/m0/s1. The molecule has 1 amide bonds. The third-order valence-electron chi connectivity index (χ3n) is 2.73. The molecule has 128 valence electrons. The van der Waals surface area contributed by atoms with Gasteiger partial charge in [0.05, 0.1) is 6.10 Å². The Morgan fingerprint density at radius 1 is 1.13 bits per heavy atom. The summed E-state index contributed by atoms with van der Waals surface area (Å²) in [5.41, 5.74) is -0.219. The van der Waals surface area contributed by atoms with Gasteiger partial charge in [-0.05, 0) is 40.2 Å². The Balaban J connectivity index is 2.93. The van der Waals surface area contributed by atoms with Gasteiger partial charge in [-0.1, -0.05) is 30.3 Å². The molecule has 0 aliphatic rings. The third kappa shape index (κ3) is 6.69. The van der Waals surface area contributed by atoms with Crippen molar-refractivity contribution in [3.05, 3.63) is 35.9 Å². The minimum Gasteiger partial charge on any atom is -0.461 e. The van der Waals surface area contributed by atoms with Gasteiger partial charge in [-0.25, -0.2) is 9.59 Å². The Morgan fingerprint density at radius 2 is 1.70 bits per heavy atom. The summed E-state index contributed by atoms with van der Waals surface area (Å²) >= 11 is 0. The van der Waals surface area contributed by atoms with Gasteiger partial charge < -0.3 is 19.9 Å². The zero-order chi connectivity index (χ0) is 17.6. The van der Waals surface area contributed by atoms with Crippen molar-refractivity contribution < 1.29 is 24.2 Å². The van der Waals surface area contributed by atoms with Crippen LogP contribution in [0.15, 0.2) is 30.3 Å². The van der Waals surface area contributed by atoms with Crippen LogP contribution in [-0.4, -0.2) is 34.9 Å². The maximum absolute atomic E-state index is 12.2. The average molecular weight is 323 g/mol. The summed E-state index contributed by atoms with van der Waals surface area (Å²) in [6.07, 6.45) is -2.40. The van der Waals surface area contributed by atoms with Crippen molar-refractivity contribution in [2.75, 3.05) is 0 Å². The van der Waals surface area contributed by atoms with Gasteiger partial charge in [-0.2, -0.15) is 0 Å². The molecule has 23 heavy (non-hydrogen) atoms. The number of alkyl carbamates (subject to hydrolysis) is 1. The Kier molecular flexibility index (Phi) is 6.57. The lowest BCUT2D eigenvalue weighted by Crippen LogP contribution is -2.48. The summed E-state index contributed by atoms with van der Waals surface area (Å²) in [5, 5.41) is 12.8. The van der Waals surface area contributed by atoms with E-state index in [1.54, 1.807) is 65.0 Å². The predicted octanol–water partition coefficient (Wildman–Crippen LogP) is 2.56. The molecule has 0 bridgehead atoms. The summed E-state index contributed by atoms with van der Waals surface area (Å²) in [7, 11) is 0. The first-order valence-corrected chi connectivity index (χ1v) is 7.53. The van der Waals surface area contributed by atoms with Crippen molar-refractivity contribution in [2.45, 2.75) is 58.5 Å². The van der Waals surface area contributed by atoms with Crippen LogP contribution in [0.3, 0.4) is 0 Å². The van der Waals surface area contributed by atoms with Gasteiger partial charge in [0.15, 0.2) is 6.04 Å². The van der Waals surface area contributed by atoms with Crippen molar-refractivity contribution in [1.29, 1.82) is 0 Å². The molecule has 0 aromatic heterocycles. The second-order valence-electron chi connectivity index (χ2n) is 6.47. The van der Waals surface area contributed by atoms with Gasteiger partial charge in [0.25, 0.3) is 0 Å². The molecule has 2 atom stereocenters. The van der Waals surface area contributed by atoms with E-state index in [0.29, 0.717) is 5.56 Å². The molecule has 0 aliphatic heterocycles. The van der Waals surface area contributed by atoms with Gasteiger partial charge in [0, 0.05) is 0 Å². The number of esters is 1. The molecule has 0 saturated heterocycles. The Hall–Kier alpha value is -2.08. The Labute approximate surface area is 136 Å². The number of carbonyl (C=O) groups is 2. The highest BCUT2D eigenvalue weighted by molar-refractivity contribution is 5.82. The van der Waals surface area contributed by atoms with Crippen LogP contribution < -0.4 is 5.32 Å². The fourth-order valence-corrected chi connectivity index (χ4v) is 1.85. The number of hydrogen-bond acceptors (Lipinski definition) is 5. The van der Waals surface area contributed by atoms with Crippen molar-refractivity contribution in [1.82, 2.24) is 5.32 Å². The molecule has 0 radical (unpaired) electrons. The normalized spacial score (nSPS) is 14.0. The minimum absolute atomic E-state index is 0.367. The molecule has 1 rings (SSSR count). The van der Waals surface area contributed by atoms with E-state index in [1.807, 2.05) is 0 Å². The zero-order valence-corrected chi connectivity index (χ0v) is 14.2. The smallest absolute Gasteiger partial charge is 0.408 e. The third-order valence-corrected chi connectivity index (χ3v) is 2.73. The lowest BCUT2D eigenvalue weighted by molar-refractivity contribution is -0.153. The molecule has 0 aliphatic carbocycles. The zero-order valence-electron chi connectivity index (χ0n) is 14.2. The van der Waals surface area contributed by atoms with Crippen LogP contribution in [0.2, 0.25) is 0 Å². The van der Waals surface area contributed by atoms with Crippen molar-refractivity contribution in [2.24, 2.45) is 0 Å². The van der Waals surface area contributed by atoms with E-state index in [4.69, 9.17) is 9.47 Å². The maximum atomic E-state index is 12.2. The van der Waals surface area contributed by atoms with E-state index < -0.39 is 29.8 Å². The number of aliphatic hydroxyl groups is 1. The quantitative estimate of drug-likeness (QED) is 0.814. The second kappa shape index (κ2) is 7.97. The van der Waals surface area contributed by atoms with Gasteiger partial charge in [-0.15, -0.1) is 0 Å². The summed E-state index contributed by atoms with van der Waals surface area (Å²) in [6, 6.07) is 7.33. The molecule has 0 fully saturated rings. The highest BCUT2D eigenvalue weighted by Crippen LogP contribution is 2.19. The lowest BCUT2D eigenvalue weighted by atomic mass is 10.0. The summed E-state index contributed by atoms with van der Waals surface area (Å²) in [6.45, 7) is 8.51. The number of aliphatic hydroxyl groups excluding tert-OH is 1. The van der Waals surface area contributed by atoms with Crippen LogP contribution in [0.5, 0.6) is 0 Å². The highest BCUT2D eigenvalue weighted by Gasteiger charge is 2.33. The lowest BCUT2D eigenvalue weighted by Gasteiger charge is -2.26. The Morgan fingerprint density at radius 3 is 2.17 bits per heavy atom. The molecule has 1 aromatic rings. The van der Waals surface area contributed by atoms with Crippen LogP contribution in [0.4, 0.5) is 4.79 Å². The fourth-order valence-electron chi connectivity index (χ4n) is 1.85. The van der Waals surface area contributed by atoms with Crippen LogP contribution in [0, 0.1) is 0 Å². The van der Waals surface area contributed by atoms with Crippen LogP contribution in [0.1, 0.15) is 46.3 Å². The van der Waals surface area contributed by atoms with E-state index in [1.165, 1.54) is 0 Å². The molecule has 1 aromatic carbocycles. The molecule has 6 heteroatoms. The first-order chi connectivity index (χ1) is 10.6. The maximum Gasteiger partial charge on any atom is 0.408 e. The molecule has 0 saturated carbocycles. The molecule has 6 nitrogen and oxygen atoms in total. The minimum atomic E-state index is -1.25. The molecule has 0 heterocycles. The number of ether oxygens (including phenoxy) is 2. The number of nitrogens with one attached hydrogen (secondary N) is 1. The first kappa shape index (κ1) is 19.0. The summed E-state index contributed by atoms with van der Waals surface area (Å²) in [5.74, 6) is -0.720. The van der Waals surface area contributed by atoms with Gasteiger partial charge >= 0.3 is 12.1 Å². The van der Waals surface area contributed by atoms with Crippen LogP contribution in [0.25, 0.3) is 0 Å². The van der Waals surface area contributed by atoms with Crippen molar-refractivity contribution in [3.8, 4) is 0 Å².